The quantitative estimate of drug-likeness (QED) is 0.398. The van der Waals surface area contributed by atoms with Crippen molar-refractivity contribution in [3.8, 4) is 17.6 Å². The molecule has 11 nitrogen and oxygen atoms in total. The van der Waals surface area contributed by atoms with E-state index < -0.39 is 23.7 Å². The van der Waals surface area contributed by atoms with Gasteiger partial charge in [0.05, 0.1) is 36.2 Å². The van der Waals surface area contributed by atoms with E-state index in [9.17, 15) is 24.8 Å². The Labute approximate surface area is 263 Å². The molecule has 2 N–H and O–H groups in total. The molecule has 5 rings (SSSR count). The number of hydrogen-bond acceptors (Lipinski definition) is 8. The van der Waals surface area contributed by atoms with E-state index >= 15 is 0 Å². The number of hydrogen-bond donors (Lipinski definition) is 2. The standard InChI is InChI=1S/C34H40N4O7/c1-5-43-33(42)38-20-30(44-29-11-10-21(19-35)16-27(29)38)31(40)36-26-18-28(39)25(22-8-6-7-9-22)17-24(26)23-12-14-37(15-13-23)32(41)45-34(2,3)4/h10-12,16-18,22,30,39H,5-9,13-15,20H2,1-4H3,(H,36,40). The fourth-order valence-electron chi connectivity index (χ4n) is 6.02. The molecular formula is C34H40N4O7. The number of rotatable bonds is 5. The molecule has 0 bridgehead atoms. The van der Waals surface area contributed by atoms with Gasteiger partial charge in [0, 0.05) is 24.7 Å². The van der Waals surface area contributed by atoms with Crippen molar-refractivity contribution in [3.63, 3.8) is 0 Å². The smallest absolute Gasteiger partial charge is 0.414 e. The molecule has 0 radical (unpaired) electrons. The van der Waals surface area contributed by atoms with Gasteiger partial charge >= 0.3 is 12.2 Å². The summed E-state index contributed by atoms with van der Waals surface area (Å²) in [7, 11) is 0. The molecule has 3 amide bonds. The summed E-state index contributed by atoms with van der Waals surface area (Å²) in [5.74, 6) is 0.0936. The summed E-state index contributed by atoms with van der Waals surface area (Å²) in [5, 5.41) is 23.4. The summed E-state index contributed by atoms with van der Waals surface area (Å²) in [6.45, 7) is 7.96. The number of carbonyl (C=O) groups excluding carboxylic acids is 3. The van der Waals surface area contributed by atoms with Crippen LogP contribution in [0.5, 0.6) is 11.5 Å². The van der Waals surface area contributed by atoms with Crippen molar-refractivity contribution in [3.05, 3.63) is 53.1 Å². The van der Waals surface area contributed by atoms with Crippen molar-refractivity contribution in [2.75, 3.05) is 36.5 Å². The van der Waals surface area contributed by atoms with E-state index in [0.717, 1.165) is 42.4 Å². The zero-order valence-corrected chi connectivity index (χ0v) is 26.2. The van der Waals surface area contributed by atoms with Crippen molar-refractivity contribution in [2.45, 2.75) is 77.4 Å². The van der Waals surface area contributed by atoms with Crippen LogP contribution in [0.1, 0.15) is 82.4 Å². The second-order valence-corrected chi connectivity index (χ2v) is 12.5. The molecular weight excluding hydrogens is 576 g/mol. The van der Waals surface area contributed by atoms with Crippen molar-refractivity contribution >= 4 is 35.0 Å². The fourth-order valence-corrected chi connectivity index (χ4v) is 6.02. The molecule has 2 aromatic rings. The summed E-state index contributed by atoms with van der Waals surface area (Å²) in [6, 6.07) is 10.2. The molecule has 0 aromatic heterocycles. The van der Waals surface area contributed by atoms with Gasteiger partial charge in [0.2, 0.25) is 0 Å². The van der Waals surface area contributed by atoms with E-state index in [1.165, 1.54) is 11.0 Å². The zero-order chi connectivity index (χ0) is 32.3. The number of benzene rings is 2. The predicted octanol–water partition coefficient (Wildman–Crippen LogP) is 6.31. The minimum Gasteiger partial charge on any atom is -0.508 e. The molecule has 2 heterocycles. The Bertz CT molecular complexity index is 1550. The highest BCUT2D eigenvalue weighted by atomic mass is 16.6. The number of nitrogens with zero attached hydrogens (tertiary/aromatic N) is 3. The number of aromatic hydroxyl groups is 1. The molecule has 1 saturated carbocycles. The normalized spacial score (nSPS) is 18.3. The van der Waals surface area contributed by atoms with Gasteiger partial charge in [-0.3, -0.25) is 9.69 Å². The molecule has 1 fully saturated rings. The summed E-state index contributed by atoms with van der Waals surface area (Å²) in [5.41, 5.74) is 3.05. The first kappa shape index (κ1) is 31.7. The number of ether oxygens (including phenoxy) is 3. The Balaban J connectivity index is 1.43. The van der Waals surface area contributed by atoms with Crippen LogP contribution in [0, 0.1) is 11.3 Å². The van der Waals surface area contributed by atoms with Crippen molar-refractivity contribution in [2.24, 2.45) is 0 Å². The van der Waals surface area contributed by atoms with Crippen molar-refractivity contribution in [1.82, 2.24) is 4.90 Å². The second-order valence-electron chi connectivity index (χ2n) is 12.5. The van der Waals surface area contributed by atoms with E-state index in [1.807, 2.05) is 39.0 Å². The Morgan fingerprint density at radius 2 is 1.89 bits per heavy atom. The van der Waals surface area contributed by atoms with Crippen LogP contribution >= 0.6 is 0 Å². The maximum Gasteiger partial charge on any atom is 0.414 e. The first-order valence-corrected chi connectivity index (χ1v) is 15.5. The molecule has 2 aliphatic heterocycles. The number of amides is 3. The van der Waals surface area contributed by atoms with Crippen LogP contribution < -0.4 is 15.0 Å². The minimum atomic E-state index is -1.10. The van der Waals surface area contributed by atoms with Crippen LogP contribution in [0.2, 0.25) is 0 Å². The summed E-state index contributed by atoms with van der Waals surface area (Å²) in [6.07, 6.45) is 4.51. The van der Waals surface area contributed by atoms with Gasteiger partial charge in [-0.05, 0) is 88.3 Å². The van der Waals surface area contributed by atoms with E-state index in [1.54, 1.807) is 30.0 Å². The highest BCUT2D eigenvalue weighted by Gasteiger charge is 2.36. The van der Waals surface area contributed by atoms with Crippen LogP contribution in [0.25, 0.3) is 5.57 Å². The van der Waals surface area contributed by atoms with Gasteiger partial charge in [-0.2, -0.15) is 5.26 Å². The third-order valence-electron chi connectivity index (χ3n) is 8.20. The number of anilines is 2. The SMILES string of the molecule is CCOC(=O)N1CC(C(=O)Nc2cc(O)c(C3CCCC3)cc2C2=CCN(C(=O)OC(C)(C)C)CC2)Oc2ccc(C#N)cc21. The Hall–Kier alpha value is -4.72. The number of carbonyl (C=O) groups is 3. The first-order chi connectivity index (χ1) is 21.5. The minimum absolute atomic E-state index is 0.111. The molecule has 1 atom stereocenters. The van der Waals surface area contributed by atoms with Crippen molar-refractivity contribution in [1.29, 1.82) is 5.26 Å². The lowest BCUT2D eigenvalue weighted by molar-refractivity contribution is -0.122. The summed E-state index contributed by atoms with van der Waals surface area (Å²) in [4.78, 5) is 42.2. The van der Waals surface area contributed by atoms with Crippen LogP contribution in [-0.4, -0.2) is 66.0 Å². The number of nitrogens with one attached hydrogen (secondary N) is 1. The number of nitriles is 1. The van der Waals surface area contributed by atoms with Gasteiger partial charge in [0.25, 0.3) is 5.91 Å². The molecule has 0 spiro atoms. The van der Waals surface area contributed by atoms with E-state index in [4.69, 9.17) is 14.2 Å². The third-order valence-corrected chi connectivity index (χ3v) is 8.20. The molecule has 1 unspecified atom stereocenters. The van der Waals surface area contributed by atoms with Crippen LogP contribution in [-0.2, 0) is 14.3 Å². The van der Waals surface area contributed by atoms with Gasteiger partial charge in [0.1, 0.15) is 17.1 Å². The van der Waals surface area contributed by atoms with Crippen LogP contribution in [0.15, 0.2) is 36.4 Å². The summed E-state index contributed by atoms with van der Waals surface area (Å²) >= 11 is 0. The molecule has 45 heavy (non-hydrogen) atoms. The Morgan fingerprint density at radius 3 is 2.53 bits per heavy atom. The molecule has 3 aliphatic rings. The van der Waals surface area contributed by atoms with Gasteiger partial charge in [0.15, 0.2) is 6.10 Å². The van der Waals surface area contributed by atoms with Crippen LogP contribution in [0.3, 0.4) is 0 Å². The average Bonchev–Trinajstić information content (AvgIpc) is 3.54. The highest BCUT2D eigenvalue weighted by Crippen LogP contribution is 2.43. The molecule has 238 valence electrons. The lowest BCUT2D eigenvalue weighted by Gasteiger charge is -2.34. The number of fused-ring (bicyclic) bond motifs is 1. The molecule has 0 saturated heterocycles. The largest absolute Gasteiger partial charge is 0.508 e. The average molecular weight is 617 g/mol. The number of phenolic OH excluding ortho intramolecular Hbond substituents is 1. The number of phenols is 1. The topological polar surface area (TPSA) is 141 Å². The molecule has 1 aliphatic carbocycles. The van der Waals surface area contributed by atoms with E-state index in [0.29, 0.717) is 36.4 Å². The van der Waals surface area contributed by atoms with Gasteiger partial charge < -0.3 is 29.5 Å². The fraction of sp³-hybridized carbons (Fsp3) is 0.471. The third kappa shape index (κ3) is 7.17. The molecule has 11 heteroatoms. The zero-order valence-electron chi connectivity index (χ0n) is 26.2. The monoisotopic (exact) mass is 616 g/mol. The van der Waals surface area contributed by atoms with Gasteiger partial charge in [-0.25, -0.2) is 9.59 Å². The first-order valence-electron chi connectivity index (χ1n) is 15.5. The van der Waals surface area contributed by atoms with Gasteiger partial charge in [-0.1, -0.05) is 18.9 Å². The maximum atomic E-state index is 13.8. The van der Waals surface area contributed by atoms with Crippen LogP contribution in [0.4, 0.5) is 21.0 Å². The Kier molecular flexibility index (Phi) is 9.23. The van der Waals surface area contributed by atoms with E-state index in [2.05, 4.69) is 5.32 Å². The van der Waals surface area contributed by atoms with E-state index in [-0.39, 0.29) is 36.7 Å². The van der Waals surface area contributed by atoms with Gasteiger partial charge in [-0.15, -0.1) is 0 Å². The Morgan fingerprint density at radius 1 is 1.13 bits per heavy atom. The molecule has 2 aromatic carbocycles. The predicted molar refractivity (Wildman–Crippen MR) is 168 cm³/mol. The second kappa shape index (κ2) is 13.1. The lowest BCUT2D eigenvalue weighted by Crippen LogP contribution is -2.49. The highest BCUT2D eigenvalue weighted by molar-refractivity contribution is 6.00. The maximum absolute atomic E-state index is 13.8. The van der Waals surface area contributed by atoms with Crippen molar-refractivity contribution < 1.29 is 33.7 Å². The summed E-state index contributed by atoms with van der Waals surface area (Å²) < 4.78 is 16.8. The lowest BCUT2D eigenvalue weighted by atomic mass is 9.90.